The van der Waals surface area contributed by atoms with Crippen LogP contribution in [-0.4, -0.2) is 52.7 Å². The van der Waals surface area contributed by atoms with Crippen LogP contribution in [0.25, 0.3) is 0 Å². The summed E-state index contributed by atoms with van der Waals surface area (Å²) in [5, 5.41) is 3.72. The van der Waals surface area contributed by atoms with E-state index in [1.807, 2.05) is 0 Å². The van der Waals surface area contributed by atoms with Gasteiger partial charge in [-0.3, -0.25) is 4.79 Å². The van der Waals surface area contributed by atoms with Crippen LogP contribution in [0.1, 0.15) is 5.56 Å². The molecule has 0 bridgehead atoms. The average molecular weight is 409 g/mol. The second kappa shape index (κ2) is 9.29. The van der Waals surface area contributed by atoms with Gasteiger partial charge >= 0.3 is 0 Å². The van der Waals surface area contributed by atoms with Crippen LogP contribution in [0.5, 0.6) is 11.5 Å². The van der Waals surface area contributed by atoms with Gasteiger partial charge in [-0.15, -0.1) is 0 Å². The molecule has 0 heterocycles. The Morgan fingerprint density at radius 1 is 1.14 bits per heavy atom. The summed E-state index contributed by atoms with van der Waals surface area (Å²) in [4.78, 5) is 11.9. The summed E-state index contributed by atoms with van der Waals surface area (Å²) in [5.41, 5.74) is 2.80. The lowest BCUT2D eigenvalue weighted by Gasteiger charge is -2.17. The van der Waals surface area contributed by atoms with E-state index in [0.717, 1.165) is 4.31 Å². The normalized spacial score (nSPS) is 11.6. The molecule has 10 heteroatoms. The number of methoxy groups -OCH3 is 2. The molecule has 0 saturated heterocycles. The first-order valence-electron chi connectivity index (χ1n) is 8.03. The highest BCUT2D eigenvalue weighted by Crippen LogP contribution is 2.30. The predicted octanol–water partition coefficient (Wildman–Crippen LogP) is 1.61. The lowest BCUT2D eigenvalue weighted by atomic mass is 10.2. The molecule has 8 nitrogen and oxygen atoms in total. The Balaban J connectivity index is 2.03. The number of amides is 1. The number of rotatable bonds is 8. The number of nitrogens with zero attached hydrogens (tertiary/aromatic N) is 2. The van der Waals surface area contributed by atoms with Crippen molar-refractivity contribution in [3.63, 3.8) is 0 Å². The maximum absolute atomic E-state index is 12.8. The SMILES string of the molecule is COc1ccc(S(=O)(=O)N(C)CC(=O)N/N=C\c2ccc(F)cc2)cc1OC. The minimum Gasteiger partial charge on any atom is -0.493 e. The topological polar surface area (TPSA) is 97.3 Å². The first kappa shape index (κ1) is 21.3. The van der Waals surface area contributed by atoms with E-state index >= 15 is 0 Å². The number of halogens is 1. The third-order valence-corrected chi connectivity index (χ3v) is 5.50. The number of hydrazone groups is 1. The van der Waals surface area contributed by atoms with E-state index in [9.17, 15) is 17.6 Å². The average Bonchev–Trinajstić information content (AvgIpc) is 2.68. The van der Waals surface area contributed by atoms with Crippen LogP contribution in [0.4, 0.5) is 4.39 Å². The van der Waals surface area contributed by atoms with Gasteiger partial charge in [-0.1, -0.05) is 12.1 Å². The quantitative estimate of drug-likeness (QED) is 0.528. The Labute approximate surface area is 162 Å². The highest BCUT2D eigenvalue weighted by Gasteiger charge is 2.24. The molecule has 2 aromatic rings. The van der Waals surface area contributed by atoms with Crippen molar-refractivity contribution in [2.24, 2.45) is 5.10 Å². The minimum atomic E-state index is -3.93. The molecule has 1 N–H and O–H groups in total. The zero-order valence-corrected chi connectivity index (χ0v) is 16.4. The van der Waals surface area contributed by atoms with Crippen LogP contribution < -0.4 is 14.9 Å². The monoisotopic (exact) mass is 409 g/mol. The third-order valence-electron chi connectivity index (χ3n) is 3.70. The molecule has 0 aromatic heterocycles. The van der Waals surface area contributed by atoms with E-state index in [-0.39, 0.29) is 16.5 Å². The molecule has 0 aliphatic carbocycles. The van der Waals surface area contributed by atoms with E-state index in [2.05, 4.69) is 10.5 Å². The molecule has 0 aliphatic rings. The maximum atomic E-state index is 12.8. The van der Waals surface area contributed by atoms with Crippen LogP contribution in [0.15, 0.2) is 52.5 Å². The van der Waals surface area contributed by atoms with Gasteiger partial charge in [0, 0.05) is 13.1 Å². The summed E-state index contributed by atoms with van der Waals surface area (Å²) in [7, 11) is 0.176. The van der Waals surface area contributed by atoms with Gasteiger partial charge in [0.25, 0.3) is 5.91 Å². The molecule has 2 rings (SSSR count). The summed E-state index contributed by atoms with van der Waals surface area (Å²) in [5.74, 6) is -0.379. The Morgan fingerprint density at radius 3 is 2.39 bits per heavy atom. The van der Waals surface area contributed by atoms with Gasteiger partial charge < -0.3 is 9.47 Å². The molecule has 0 atom stereocenters. The number of carbonyl (C=O) groups is 1. The molecule has 150 valence electrons. The summed E-state index contributed by atoms with van der Waals surface area (Å²) in [6, 6.07) is 9.62. The molecule has 0 radical (unpaired) electrons. The number of likely N-dealkylation sites (N-methyl/N-ethyl adjacent to an activating group) is 1. The Kier molecular flexibility index (Phi) is 7.07. The van der Waals surface area contributed by atoms with Crippen molar-refractivity contribution in [3.05, 3.63) is 53.8 Å². The molecular formula is C18H20FN3O5S. The number of sulfonamides is 1. The van der Waals surface area contributed by atoms with Gasteiger partial charge in [0.2, 0.25) is 10.0 Å². The lowest BCUT2D eigenvalue weighted by molar-refractivity contribution is -0.121. The zero-order valence-electron chi connectivity index (χ0n) is 15.5. The molecule has 0 unspecified atom stereocenters. The molecule has 0 fully saturated rings. The van der Waals surface area contributed by atoms with Gasteiger partial charge in [-0.05, 0) is 29.8 Å². The van der Waals surface area contributed by atoms with Crippen LogP contribution in [0, 0.1) is 5.82 Å². The van der Waals surface area contributed by atoms with Crippen molar-refractivity contribution >= 4 is 22.1 Å². The molecular weight excluding hydrogens is 389 g/mol. The number of hydrogen-bond donors (Lipinski definition) is 1. The largest absolute Gasteiger partial charge is 0.493 e. The van der Waals surface area contributed by atoms with Crippen molar-refractivity contribution < 1.29 is 27.1 Å². The predicted molar refractivity (Wildman–Crippen MR) is 101 cm³/mol. The fourth-order valence-electron chi connectivity index (χ4n) is 2.21. The number of benzene rings is 2. The second-order valence-electron chi connectivity index (χ2n) is 5.62. The molecule has 0 aliphatic heterocycles. The smallest absolute Gasteiger partial charge is 0.255 e. The van der Waals surface area contributed by atoms with Crippen LogP contribution in [0.2, 0.25) is 0 Å². The van der Waals surface area contributed by atoms with Gasteiger partial charge in [-0.2, -0.15) is 9.41 Å². The fraction of sp³-hybridized carbons (Fsp3) is 0.222. The van der Waals surface area contributed by atoms with Crippen molar-refractivity contribution in [1.29, 1.82) is 0 Å². The third kappa shape index (κ3) is 5.27. The zero-order chi connectivity index (χ0) is 20.7. The summed E-state index contributed by atoms with van der Waals surface area (Å²) < 4.78 is 49.2. The van der Waals surface area contributed by atoms with Crippen molar-refractivity contribution in [1.82, 2.24) is 9.73 Å². The van der Waals surface area contributed by atoms with Crippen molar-refractivity contribution in [2.75, 3.05) is 27.8 Å². The van der Waals surface area contributed by atoms with Gasteiger partial charge in [0.1, 0.15) is 5.82 Å². The molecule has 1 amide bonds. The molecule has 0 saturated carbocycles. The number of nitrogens with one attached hydrogen (secondary N) is 1. The fourth-order valence-corrected chi connectivity index (χ4v) is 3.35. The van der Waals surface area contributed by atoms with E-state index in [0.29, 0.717) is 11.3 Å². The molecule has 2 aromatic carbocycles. The first-order valence-corrected chi connectivity index (χ1v) is 9.47. The highest BCUT2D eigenvalue weighted by molar-refractivity contribution is 7.89. The maximum Gasteiger partial charge on any atom is 0.255 e. The molecule has 0 spiro atoms. The van der Waals surface area contributed by atoms with E-state index < -0.39 is 22.5 Å². The Morgan fingerprint density at radius 2 is 1.79 bits per heavy atom. The molecule has 28 heavy (non-hydrogen) atoms. The van der Waals surface area contributed by atoms with E-state index in [4.69, 9.17) is 9.47 Å². The van der Waals surface area contributed by atoms with Crippen LogP contribution in [0.3, 0.4) is 0 Å². The van der Waals surface area contributed by atoms with Crippen LogP contribution >= 0.6 is 0 Å². The number of ether oxygens (including phenoxy) is 2. The summed E-state index contributed by atoms with van der Waals surface area (Å²) in [6.45, 7) is -0.447. The first-order chi connectivity index (χ1) is 13.3. The van der Waals surface area contributed by atoms with E-state index in [1.54, 1.807) is 0 Å². The van der Waals surface area contributed by atoms with Gasteiger partial charge in [0.15, 0.2) is 11.5 Å². The minimum absolute atomic E-state index is 0.0461. The Hall–Kier alpha value is -2.98. The van der Waals surface area contributed by atoms with Crippen molar-refractivity contribution in [2.45, 2.75) is 4.90 Å². The van der Waals surface area contributed by atoms with Gasteiger partial charge in [0.05, 0.1) is 31.9 Å². The number of hydrogen-bond acceptors (Lipinski definition) is 6. The number of carbonyl (C=O) groups excluding carboxylic acids is 1. The van der Waals surface area contributed by atoms with Crippen molar-refractivity contribution in [3.8, 4) is 11.5 Å². The lowest BCUT2D eigenvalue weighted by Crippen LogP contribution is -2.36. The standard InChI is InChI=1S/C18H20FN3O5S/c1-22(12-18(23)21-20-11-13-4-6-14(19)7-5-13)28(24,25)15-8-9-16(26-2)17(10-15)27-3/h4-11H,12H2,1-3H3,(H,21,23)/b20-11-. The Bertz CT molecular complexity index is 962. The van der Waals surface area contributed by atoms with Crippen LogP contribution in [-0.2, 0) is 14.8 Å². The second-order valence-corrected chi connectivity index (χ2v) is 7.67. The summed E-state index contributed by atoms with van der Waals surface area (Å²) in [6.07, 6.45) is 1.32. The van der Waals surface area contributed by atoms with Gasteiger partial charge in [-0.25, -0.2) is 18.2 Å². The highest BCUT2D eigenvalue weighted by atomic mass is 32.2. The summed E-state index contributed by atoms with van der Waals surface area (Å²) >= 11 is 0. The van der Waals surface area contributed by atoms with E-state index in [1.165, 1.54) is 69.9 Å².